The summed E-state index contributed by atoms with van der Waals surface area (Å²) in [6.07, 6.45) is 13.0. The van der Waals surface area contributed by atoms with Crippen LogP contribution in [-0.2, 0) is 44.8 Å². The van der Waals surface area contributed by atoms with Gasteiger partial charge in [0, 0.05) is 45.5 Å². The Hall–Kier alpha value is -5.22. The molecule has 2 bridgehead atoms. The Kier molecular flexibility index (Phi) is 19.1. The molecule has 3 rings (SSSR count). The molecular weight excluding hydrogens is 759 g/mol. The van der Waals surface area contributed by atoms with Crippen molar-refractivity contribution in [1.82, 2.24) is 26.1 Å². The molecule has 0 spiro atoms. The van der Waals surface area contributed by atoms with Gasteiger partial charge in [-0.25, -0.2) is 15.5 Å². The Morgan fingerprint density at radius 2 is 1.88 bits per heavy atom. The molecule has 2 heterocycles. The van der Waals surface area contributed by atoms with E-state index in [0.717, 1.165) is 5.06 Å². The SMILES string of the molecule is CON(C)C(=O)C=CC=C(C)C1CC=CC=CC=C(C)C(O)C(CCC(C)=O)C(=O)NC(C(C)C)C(=O)NC(C=O)(Cc2cccc(O)c2)CN2CCCC(N2)C(=O)O1. The summed E-state index contributed by atoms with van der Waals surface area (Å²) < 4.78 is 6.07. The zero-order chi connectivity index (χ0) is 43.7. The van der Waals surface area contributed by atoms with Gasteiger partial charge in [-0.2, -0.15) is 0 Å². The summed E-state index contributed by atoms with van der Waals surface area (Å²) in [5.74, 6) is -3.96. The number of aliphatic hydroxyl groups is 1. The highest BCUT2D eigenvalue weighted by molar-refractivity contribution is 5.91. The average molecular weight is 820 g/mol. The van der Waals surface area contributed by atoms with E-state index >= 15 is 0 Å². The standard InChI is InChI=1S/C44H61N5O10/c1-29(2)39-42(56)46-44(28-50,26-33-17-13-18-34(52)25-33)27-49-24-14-19-36(47-49)43(57)59-37(30(3)16-12-21-38(53)48(6)58-7)20-11-9-8-10-15-31(4)40(54)35(41(55)45-39)23-22-32(5)51/h8-13,15-18,21,25,28-29,35-37,39-40,47,52,54H,14,19-20,22-24,26-27H2,1-7H3,(H,45,55)(H,46,56). The van der Waals surface area contributed by atoms with E-state index in [4.69, 9.17) is 9.57 Å². The first-order valence-corrected chi connectivity index (χ1v) is 19.9. The number of cyclic esters (lactones) is 1. The van der Waals surface area contributed by atoms with E-state index < -0.39 is 65.4 Å². The van der Waals surface area contributed by atoms with Gasteiger partial charge < -0.3 is 35.2 Å². The number of rotatable bonds is 11. The van der Waals surface area contributed by atoms with Crippen molar-refractivity contribution in [1.29, 1.82) is 0 Å². The molecule has 1 aromatic carbocycles. The van der Waals surface area contributed by atoms with Crippen LogP contribution in [0.25, 0.3) is 0 Å². The Morgan fingerprint density at radius 1 is 1.14 bits per heavy atom. The lowest BCUT2D eigenvalue weighted by molar-refractivity contribution is -0.162. The molecule has 15 heteroatoms. The third kappa shape index (κ3) is 15.2. The second-order valence-electron chi connectivity index (χ2n) is 15.6. The van der Waals surface area contributed by atoms with Crippen LogP contribution in [0.5, 0.6) is 5.75 Å². The van der Waals surface area contributed by atoms with Gasteiger partial charge in [0.15, 0.2) is 0 Å². The van der Waals surface area contributed by atoms with Crippen molar-refractivity contribution in [3.8, 4) is 5.75 Å². The van der Waals surface area contributed by atoms with Crippen LogP contribution in [0.3, 0.4) is 0 Å². The maximum absolute atomic E-state index is 14.3. The van der Waals surface area contributed by atoms with Crippen molar-refractivity contribution in [2.45, 2.75) is 103 Å². The highest BCUT2D eigenvalue weighted by Gasteiger charge is 2.40. The van der Waals surface area contributed by atoms with Gasteiger partial charge in [-0.1, -0.05) is 68.5 Å². The first-order chi connectivity index (χ1) is 28.0. The summed E-state index contributed by atoms with van der Waals surface area (Å²) >= 11 is 0. The molecule has 1 aromatic rings. The molecular formula is C44H61N5O10. The molecule has 7 atom stereocenters. The van der Waals surface area contributed by atoms with Crippen LogP contribution in [0.15, 0.2) is 84.0 Å². The summed E-state index contributed by atoms with van der Waals surface area (Å²) in [4.78, 5) is 84.5. The van der Waals surface area contributed by atoms with E-state index in [1.807, 2.05) is 6.08 Å². The fraction of sp³-hybridized carbons (Fsp3) is 0.500. The molecule has 1 saturated heterocycles. The number of nitrogens with one attached hydrogen (secondary N) is 3. The summed E-state index contributed by atoms with van der Waals surface area (Å²) in [6.45, 7) is 8.61. The average Bonchev–Trinajstić information content (AvgIpc) is 3.19. The Morgan fingerprint density at radius 3 is 2.54 bits per heavy atom. The lowest BCUT2D eigenvalue weighted by atomic mass is 9.88. The lowest BCUT2D eigenvalue weighted by Crippen LogP contribution is -2.66. The van der Waals surface area contributed by atoms with Crippen LogP contribution in [-0.4, -0.2) is 113 Å². The minimum Gasteiger partial charge on any atom is -0.508 e. The number of phenolic OH excluding ortho intramolecular Hbond substituents is 1. The zero-order valence-corrected chi connectivity index (χ0v) is 35.2. The van der Waals surface area contributed by atoms with E-state index in [9.17, 15) is 39.0 Å². The number of carbonyl (C=O) groups is 6. The van der Waals surface area contributed by atoms with E-state index in [2.05, 4.69) is 16.1 Å². The molecule has 0 aromatic heterocycles. The first kappa shape index (κ1) is 48.2. The monoisotopic (exact) mass is 819 g/mol. The van der Waals surface area contributed by atoms with E-state index in [1.165, 1.54) is 39.3 Å². The maximum Gasteiger partial charge on any atom is 0.325 e. The number of esters is 1. The lowest BCUT2D eigenvalue weighted by Gasteiger charge is -2.40. The Balaban J connectivity index is 2.11. The van der Waals surface area contributed by atoms with Crippen LogP contribution < -0.4 is 16.1 Å². The topological polar surface area (TPSA) is 204 Å². The normalized spacial score (nSPS) is 26.8. The van der Waals surface area contributed by atoms with Crippen molar-refractivity contribution in [2.24, 2.45) is 11.8 Å². The van der Waals surface area contributed by atoms with Gasteiger partial charge in [-0.05, 0) is 74.8 Å². The van der Waals surface area contributed by atoms with E-state index in [-0.39, 0.29) is 43.8 Å². The third-order valence-corrected chi connectivity index (χ3v) is 10.3. The highest BCUT2D eigenvalue weighted by Crippen LogP contribution is 2.23. The molecule has 0 aliphatic carbocycles. The minimum atomic E-state index is -1.62. The number of hydrazine groups is 1. The molecule has 3 amide bonds. The number of hydrogen-bond acceptors (Lipinski definition) is 12. The van der Waals surface area contributed by atoms with Crippen LogP contribution in [0.4, 0.5) is 0 Å². The molecule has 2 aliphatic heterocycles. The van der Waals surface area contributed by atoms with E-state index in [1.54, 1.807) is 81.3 Å². The van der Waals surface area contributed by atoms with Gasteiger partial charge in [-0.15, -0.1) is 0 Å². The van der Waals surface area contributed by atoms with Gasteiger partial charge in [0.05, 0.1) is 19.1 Å². The molecule has 15 nitrogen and oxygen atoms in total. The number of aromatic hydroxyl groups is 1. The number of hydroxylamine groups is 2. The summed E-state index contributed by atoms with van der Waals surface area (Å²) in [5, 5.41) is 30.1. The molecule has 0 saturated carbocycles. The van der Waals surface area contributed by atoms with Gasteiger partial charge in [-0.3, -0.25) is 24.0 Å². The molecule has 5 N–H and O–H groups in total. The van der Waals surface area contributed by atoms with Crippen molar-refractivity contribution >= 4 is 35.8 Å². The number of carbonyl (C=O) groups excluding carboxylic acids is 6. The first-order valence-electron chi connectivity index (χ1n) is 19.9. The van der Waals surface area contributed by atoms with Crippen LogP contribution in [0.2, 0.25) is 0 Å². The number of aliphatic hydroxyl groups excluding tert-OH is 1. The van der Waals surface area contributed by atoms with Crippen molar-refractivity contribution in [3.63, 3.8) is 0 Å². The molecule has 1 fully saturated rings. The number of nitrogens with zero attached hydrogens (tertiary/aromatic N) is 2. The van der Waals surface area contributed by atoms with Gasteiger partial charge >= 0.3 is 5.97 Å². The number of aldehydes is 1. The number of phenols is 1. The van der Waals surface area contributed by atoms with Crippen LogP contribution in [0.1, 0.15) is 72.3 Å². The summed E-state index contributed by atoms with van der Waals surface area (Å²) in [5.41, 5.74) is 3.22. The second kappa shape index (κ2) is 23.4. The highest BCUT2D eigenvalue weighted by atomic mass is 16.7. The minimum absolute atomic E-state index is 0.0253. The number of allylic oxidation sites excluding steroid dienone is 6. The maximum atomic E-state index is 14.3. The molecule has 7 unspecified atom stereocenters. The predicted octanol–water partition coefficient (Wildman–Crippen LogP) is 3.34. The Labute approximate surface area is 347 Å². The van der Waals surface area contributed by atoms with Crippen LogP contribution in [0, 0.1) is 11.8 Å². The number of hydrogen-bond donors (Lipinski definition) is 5. The molecule has 0 radical (unpaired) electrons. The fourth-order valence-electron chi connectivity index (χ4n) is 6.76. The summed E-state index contributed by atoms with van der Waals surface area (Å²) in [7, 11) is 2.85. The number of fused-ring (bicyclic) bond motifs is 2. The number of ether oxygens (including phenoxy) is 1. The van der Waals surface area contributed by atoms with Gasteiger partial charge in [0.25, 0.3) is 5.91 Å². The second-order valence-corrected chi connectivity index (χ2v) is 15.6. The number of ketones is 1. The molecule has 59 heavy (non-hydrogen) atoms. The van der Waals surface area contributed by atoms with Gasteiger partial charge in [0.2, 0.25) is 11.8 Å². The number of amides is 3. The van der Waals surface area contributed by atoms with Crippen molar-refractivity contribution in [2.75, 3.05) is 27.2 Å². The molecule has 322 valence electrons. The Bertz CT molecular complexity index is 1800. The van der Waals surface area contributed by atoms with Crippen LogP contribution >= 0.6 is 0 Å². The summed E-state index contributed by atoms with van der Waals surface area (Å²) in [6, 6.07) is 4.35. The smallest absolute Gasteiger partial charge is 0.325 e. The number of Topliss-reactive ketones (excluding diaryl/α,β-unsaturated/α-hetero) is 1. The predicted molar refractivity (Wildman–Crippen MR) is 222 cm³/mol. The van der Waals surface area contributed by atoms with E-state index in [0.29, 0.717) is 42.4 Å². The van der Waals surface area contributed by atoms with Crippen molar-refractivity contribution in [3.05, 3.63) is 89.6 Å². The van der Waals surface area contributed by atoms with Crippen molar-refractivity contribution < 1.29 is 48.6 Å². The largest absolute Gasteiger partial charge is 0.508 e. The fourth-order valence-corrected chi connectivity index (χ4v) is 6.76. The zero-order valence-electron chi connectivity index (χ0n) is 35.2. The quantitative estimate of drug-likeness (QED) is 0.0718. The number of benzene rings is 1. The van der Waals surface area contributed by atoms with Gasteiger partial charge in [0.1, 0.15) is 41.5 Å². The molecule has 2 aliphatic rings. The number of likely N-dealkylation sites (N-methyl/N-ethyl adjacent to an activating group) is 1. The third-order valence-electron chi connectivity index (χ3n) is 10.3.